The molecule has 0 fully saturated rings. The van der Waals surface area contributed by atoms with Crippen LogP contribution in [0, 0.1) is 5.41 Å². The molecule has 1 atom stereocenters. The number of halogens is 2. The number of rotatable bonds is 6. The van der Waals surface area contributed by atoms with E-state index in [1.807, 2.05) is 0 Å². The van der Waals surface area contributed by atoms with Crippen LogP contribution in [0.3, 0.4) is 0 Å². The predicted octanol–water partition coefficient (Wildman–Crippen LogP) is -0.435. The second kappa shape index (κ2) is 10.4. The molecule has 25 heavy (non-hydrogen) atoms. The number of hydrogen-bond donors (Lipinski definition) is 0. The first kappa shape index (κ1) is 25.0. The minimum atomic E-state index is -0.668. The van der Waals surface area contributed by atoms with Gasteiger partial charge in [-0.1, -0.05) is 0 Å². The Kier molecular flexibility index (Phi) is 10.4. The molecule has 139 valence electrons. The number of unbranched alkanes of at least 4 members (excludes halogenated alkanes) is 1. The normalized spacial score (nSPS) is 22.8. The molecule has 1 unspecified atom stereocenters. The Morgan fingerprint density at radius 2 is 1.92 bits per heavy atom. The van der Waals surface area contributed by atoms with Crippen LogP contribution in [0.5, 0.6) is 0 Å². The van der Waals surface area contributed by atoms with Crippen molar-refractivity contribution in [1.82, 2.24) is 0 Å². The van der Waals surface area contributed by atoms with Crippen LogP contribution >= 0.6 is 0 Å². The van der Waals surface area contributed by atoms with Gasteiger partial charge in [0.2, 0.25) is 0 Å². The van der Waals surface area contributed by atoms with Gasteiger partial charge in [-0.25, -0.2) is 0 Å². The molecule has 0 aromatic rings. The van der Waals surface area contributed by atoms with Crippen molar-refractivity contribution in [2.75, 3.05) is 6.61 Å². The van der Waals surface area contributed by atoms with Crippen molar-refractivity contribution >= 4 is 0 Å². The zero-order chi connectivity index (χ0) is 17.1. The zero-order valence-electron chi connectivity index (χ0n) is 15.9. The molecule has 2 rings (SSSR count). The Balaban J connectivity index is 0.00000288. The molecule has 0 aliphatic heterocycles. The largest absolute Gasteiger partial charge is 1.00 e. The third kappa shape index (κ3) is 6.29. The first-order valence-corrected chi connectivity index (χ1v) is 9.40. The summed E-state index contributed by atoms with van der Waals surface area (Å²) in [5, 5.41) is 0. The van der Waals surface area contributed by atoms with Crippen molar-refractivity contribution in [1.29, 1.82) is 0 Å². The van der Waals surface area contributed by atoms with Gasteiger partial charge in [0.05, 0.1) is 0 Å². The van der Waals surface area contributed by atoms with E-state index in [4.69, 9.17) is 9.47 Å². The Bertz CT molecular complexity index is 571. The first-order chi connectivity index (χ1) is 10.8. The van der Waals surface area contributed by atoms with Crippen molar-refractivity contribution in [3.63, 3.8) is 0 Å². The molecular weight excluding hydrogens is 391 g/mol. The molecule has 0 heterocycles. The van der Waals surface area contributed by atoms with Gasteiger partial charge in [-0.15, -0.1) is 0 Å². The van der Waals surface area contributed by atoms with Gasteiger partial charge in [-0.2, -0.15) is 0 Å². The van der Waals surface area contributed by atoms with E-state index in [1.54, 1.807) is 0 Å². The molecule has 5 heteroatoms. The summed E-state index contributed by atoms with van der Waals surface area (Å²) in [6.07, 6.45) is 12.7. The monoisotopic (exact) mass is 419 g/mol. The van der Waals surface area contributed by atoms with Crippen molar-refractivity contribution in [3.8, 4) is 0 Å². The Hall–Kier alpha value is 0.0143. The van der Waals surface area contributed by atoms with Crippen LogP contribution < -0.4 is 24.8 Å². The van der Waals surface area contributed by atoms with Crippen LogP contribution in [0.4, 0.5) is 0 Å². The molecule has 2 aliphatic rings. The fourth-order valence-corrected chi connectivity index (χ4v) is 3.39. The Morgan fingerprint density at radius 1 is 1.24 bits per heavy atom. The Labute approximate surface area is 177 Å². The maximum atomic E-state index is 6.54. The quantitative estimate of drug-likeness (QED) is 0.330. The summed E-state index contributed by atoms with van der Waals surface area (Å²) in [6, 6.07) is 0. The molecule has 2 nitrogen and oxygen atoms in total. The summed E-state index contributed by atoms with van der Waals surface area (Å²) in [5.74, 6) is 0.308. The van der Waals surface area contributed by atoms with Crippen LogP contribution in [0.15, 0.2) is 45.1 Å². The molecule has 0 N–H and O–H groups in total. The predicted molar refractivity (Wildman–Crippen MR) is 91.4 cm³/mol. The van der Waals surface area contributed by atoms with Crippen molar-refractivity contribution in [2.45, 2.75) is 66.1 Å². The molecule has 0 saturated heterocycles. The van der Waals surface area contributed by atoms with Gasteiger partial charge in [-0.3, -0.25) is 0 Å². The summed E-state index contributed by atoms with van der Waals surface area (Å²) in [7, 11) is 0. The molecule has 0 saturated carbocycles. The van der Waals surface area contributed by atoms with E-state index in [9.17, 15) is 0 Å². The van der Waals surface area contributed by atoms with Crippen molar-refractivity contribution < 1.29 is 54.7 Å². The van der Waals surface area contributed by atoms with Crippen LogP contribution in [-0.4, -0.2) is 12.4 Å². The summed E-state index contributed by atoms with van der Waals surface area (Å²) < 4.78 is 14.2. The minimum Gasteiger partial charge on any atom is -1.00 e. The average molecular weight is 420 g/mol. The molecule has 0 bridgehead atoms. The third-order valence-corrected chi connectivity index (χ3v) is 4.98. The minimum absolute atomic E-state index is 0. The zero-order valence-corrected chi connectivity index (χ0v) is 19.0. The fourth-order valence-electron chi connectivity index (χ4n) is 2.99. The summed E-state index contributed by atoms with van der Waals surface area (Å²) in [5.41, 5.74) is 2.53. The van der Waals surface area contributed by atoms with Gasteiger partial charge < -0.3 is 24.8 Å². The van der Waals surface area contributed by atoms with Gasteiger partial charge in [0.25, 0.3) is 0 Å². The second-order valence-corrected chi connectivity index (χ2v) is 8.41. The number of ether oxygens (including phenoxy) is 2. The first-order valence-electron chi connectivity index (χ1n) is 8.62. The Morgan fingerprint density at radius 3 is 2.44 bits per heavy atom. The van der Waals surface area contributed by atoms with E-state index >= 15 is 0 Å². The van der Waals surface area contributed by atoms with Crippen LogP contribution in [0.1, 0.15) is 60.3 Å². The van der Waals surface area contributed by atoms with Crippen molar-refractivity contribution in [2.24, 2.45) is 5.41 Å². The molecule has 0 amide bonds. The average Bonchev–Trinajstić information content (AvgIpc) is 2.86. The molecule has 0 aromatic heterocycles. The fraction of sp³-hybridized carbons (Fsp3) is 0.600. The number of hydrogen-bond acceptors (Lipinski definition) is 2. The molecule has 2 aliphatic carbocycles. The maximum Gasteiger partial charge on any atom is -1.00 e. The SMILES string of the molecule is CCCCOC1(OC2=[C]([Ti+2])CC=C2)CC=C(C)C=C1C(C)(C)C.[Cl-].[Cl-]. The smallest absolute Gasteiger partial charge is 1.00 e. The topological polar surface area (TPSA) is 18.5 Å². The molecular formula is C20H29Cl2O2Ti. The van der Waals surface area contributed by atoms with E-state index in [0.29, 0.717) is 0 Å². The van der Waals surface area contributed by atoms with E-state index in [0.717, 1.165) is 38.0 Å². The van der Waals surface area contributed by atoms with Crippen molar-refractivity contribution in [3.05, 3.63) is 45.1 Å². The summed E-state index contributed by atoms with van der Waals surface area (Å²) in [4.78, 5) is 0. The molecule has 0 spiro atoms. The summed E-state index contributed by atoms with van der Waals surface area (Å²) >= 11 is 2.14. The summed E-state index contributed by atoms with van der Waals surface area (Å²) in [6.45, 7) is 11.8. The molecule has 0 radical (unpaired) electrons. The van der Waals surface area contributed by atoms with Crippen LogP contribution in [0.2, 0.25) is 0 Å². The van der Waals surface area contributed by atoms with Gasteiger partial charge >= 0.3 is 153 Å². The standard InChI is InChI=1S/C20H29O2.2ClH.Ti/c1-6-7-14-21-20(22-17-10-8-9-11-17)13-12-16(2)15-18(20)19(3,4)5;;;/h8,10,12,15H,6-7,9,13-14H2,1-5H3;2*1H;/q;;;+2/p-2. The van der Waals surface area contributed by atoms with Crippen LogP contribution in [0.25, 0.3) is 0 Å². The van der Waals surface area contributed by atoms with Crippen LogP contribution in [-0.2, 0) is 29.9 Å². The van der Waals surface area contributed by atoms with E-state index in [2.05, 4.69) is 79.4 Å². The maximum absolute atomic E-state index is 6.54. The second-order valence-electron chi connectivity index (χ2n) is 7.47. The number of allylic oxidation sites excluding steroid dienone is 5. The van der Waals surface area contributed by atoms with E-state index in [-0.39, 0.29) is 30.2 Å². The van der Waals surface area contributed by atoms with Gasteiger partial charge in [0, 0.05) is 0 Å². The van der Waals surface area contributed by atoms with E-state index in [1.165, 1.54) is 15.0 Å². The van der Waals surface area contributed by atoms with Gasteiger partial charge in [0.15, 0.2) is 0 Å². The molecule has 0 aromatic carbocycles. The van der Waals surface area contributed by atoms with Gasteiger partial charge in [-0.05, 0) is 0 Å². The third-order valence-electron chi connectivity index (χ3n) is 4.28. The van der Waals surface area contributed by atoms with E-state index < -0.39 is 5.79 Å². The van der Waals surface area contributed by atoms with Gasteiger partial charge in [0.1, 0.15) is 0 Å².